The van der Waals surface area contributed by atoms with Crippen molar-refractivity contribution in [2.75, 3.05) is 0 Å². The number of carbonyl (C=O) groups is 1. The fraction of sp³-hybridized carbons (Fsp3) is 0.111. The molecular formula is C18H15FN2O3. The minimum atomic E-state index is -1.36. The number of halogens is 1. The van der Waals surface area contributed by atoms with Crippen LogP contribution < -0.4 is 4.74 Å². The fourth-order valence-electron chi connectivity index (χ4n) is 2.31. The Bertz CT molecular complexity index is 857. The zero-order valence-electron chi connectivity index (χ0n) is 12.9. The highest BCUT2D eigenvalue weighted by Gasteiger charge is 2.08. The summed E-state index contributed by atoms with van der Waals surface area (Å²) in [5, 5.41) is 13.3. The summed E-state index contributed by atoms with van der Waals surface area (Å²) in [6.45, 7) is 1.32. The van der Waals surface area contributed by atoms with Gasteiger partial charge in [0.15, 0.2) is 0 Å². The number of ether oxygens (including phenoxy) is 1. The zero-order valence-corrected chi connectivity index (χ0v) is 12.9. The van der Waals surface area contributed by atoms with Gasteiger partial charge in [0, 0.05) is 18.7 Å². The van der Waals surface area contributed by atoms with Gasteiger partial charge in [-0.25, -0.2) is 13.9 Å². The van der Waals surface area contributed by atoms with Crippen LogP contribution in [0, 0.1) is 0 Å². The predicted octanol–water partition coefficient (Wildman–Crippen LogP) is 3.93. The molecule has 5 nitrogen and oxygen atoms in total. The molecule has 0 saturated heterocycles. The molecule has 0 saturated carbocycles. The Morgan fingerprint density at radius 2 is 1.96 bits per heavy atom. The van der Waals surface area contributed by atoms with Crippen molar-refractivity contribution in [1.29, 1.82) is 0 Å². The van der Waals surface area contributed by atoms with E-state index < -0.39 is 12.3 Å². The maximum absolute atomic E-state index is 12.8. The molecule has 1 atom stereocenters. The molecule has 1 heterocycles. The Labute approximate surface area is 137 Å². The highest BCUT2D eigenvalue weighted by molar-refractivity contribution is 5.88. The van der Waals surface area contributed by atoms with Gasteiger partial charge in [0.1, 0.15) is 5.75 Å². The van der Waals surface area contributed by atoms with E-state index in [0.29, 0.717) is 11.4 Å². The minimum Gasteiger partial charge on any atom is -0.478 e. The molecule has 0 amide bonds. The second kappa shape index (κ2) is 6.54. The number of hydrogen-bond donors (Lipinski definition) is 1. The predicted molar refractivity (Wildman–Crippen MR) is 87.2 cm³/mol. The molecule has 1 unspecified atom stereocenters. The average molecular weight is 326 g/mol. The third kappa shape index (κ3) is 3.43. The van der Waals surface area contributed by atoms with Gasteiger partial charge in [0.2, 0.25) is 6.36 Å². The number of benzene rings is 2. The van der Waals surface area contributed by atoms with Gasteiger partial charge in [-0.1, -0.05) is 18.2 Å². The van der Waals surface area contributed by atoms with Crippen molar-refractivity contribution in [1.82, 2.24) is 9.78 Å². The number of aromatic nitrogens is 2. The van der Waals surface area contributed by atoms with Gasteiger partial charge >= 0.3 is 5.97 Å². The maximum Gasteiger partial charge on any atom is 0.335 e. The number of alkyl halides is 1. The van der Waals surface area contributed by atoms with E-state index in [-0.39, 0.29) is 5.56 Å². The van der Waals surface area contributed by atoms with Crippen molar-refractivity contribution >= 4 is 5.97 Å². The lowest BCUT2D eigenvalue weighted by Crippen LogP contribution is -2.03. The third-order valence-corrected chi connectivity index (χ3v) is 3.43. The monoisotopic (exact) mass is 326 g/mol. The first-order valence-electron chi connectivity index (χ1n) is 7.32. The SMILES string of the molecule is CC(F)Oc1ccc(-c2cnn(-c3cccc(C(=O)O)c3)c2)cc1. The molecule has 0 radical (unpaired) electrons. The van der Waals surface area contributed by atoms with Gasteiger partial charge < -0.3 is 9.84 Å². The van der Waals surface area contributed by atoms with Crippen LogP contribution in [0.3, 0.4) is 0 Å². The molecule has 2 aromatic carbocycles. The van der Waals surface area contributed by atoms with E-state index in [1.165, 1.54) is 13.0 Å². The van der Waals surface area contributed by atoms with Crippen molar-refractivity contribution in [3.8, 4) is 22.6 Å². The maximum atomic E-state index is 12.8. The highest BCUT2D eigenvalue weighted by Crippen LogP contribution is 2.23. The molecule has 0 fully saturated rings. The molecule has 6 heteroatoms. The molecule has 122 valence electrons. The quantitative estimate of drug-likeness (QED) is 0.771. The van der Waals surface area contributed by atoms with Crippen LogP contribution in [0.5, 0.6) is 5.75 Å². The van der Waals surface area contributed by atoms with Crippen LogP contribution in [0.25, 0.3) is 16.8 Å². The lowest BCUT2D eigenvalue weighted by Gasteiger charge is -2.07. The molecule has 3 aromatic rings. The summed E-state index contributed by atoms with van der Waals surface area (Å²) < 4.78 is 19.4. The van der Waals surface area contributed by atoms with E-state index in [4.69, 9.17) is 9.84 Å². The minimum absolute atomic E-state index is 0.200. The second-order valence-corrected chi connectivity index (χ2v) is 5.21. The lowest BCUT2D eigenvalue weighted by atomic mass is 10.1. The summed E-state index contributed by atoms with van der Waals surface area (Å²) in [5.74, 6) is -0.530. The summed E-state index contributed by atoms with van der Waals surface area (Å²) in [5.41, 5.74) is 2.61. The molecule has 24 heavy (non-hydrogen) atoms. The molecule has 0 spiro atoms. The van der Waals surface area contributed by atoms with E-state index in [1.54, 1.807) is 47.4 Å². The zero-order chi connectivity index (χ0) is 17.1. The van der Waals surface area contributed by atoms with Crippen molar-refractivity contribution in [2.24, 2.45) is 0 Å². The number of hydrogen-bond acceptors (Lipinski definition) is 3. The molecule has 1 aromatic heterocycles. The van der Waals surface area contributed by atoms with E-state index in [9.17, 15) is 9.18 Å². The third-order valence-electron chi connectivity index (χ3n) is 3.43. The summed E-state index contributed by atoms with van der Waals surface area (Å²) >= 11 is 0. The van der Waals surface area contributed by atoms with Crippen LogP contribution in [-0.4, -0.2) is 27.2 Å². The summed E-state index contributed by atoms with van der Waals surface area (Å²) in [7, 11) is 0. The van der Waals surface area contributed by atoms with Crippen LogP contribution in [-0.2, 0) is 0 Å². The number of carboxylic acid groups (broad SMARTS) is 1. The second-order valence-electron chi connectivity index (χ2n) is 5.21. The van der Waals surface area contributed by atoms with Gasteiger partial charge in [-0.2, -0.15) is 5.10 Å². The Balaban J connectivity index is 1.85. The summed E-state index contributed by atoms with van der Waals surface area (Å²) in [4.78, 5) is 11.1. The van der Waals surface area contributed by atoms with Crippen molar-refractivity contribution in [3.05, 3.63) is 66.5 Å². The molecule has 0 aliphatic heterocycles. The molecule has 0 aliphatic rings. The summed E-state index contributed by atoms with van der Waals surface area (Å²) in [6, 6.07) is 13.5. The number of aromatic carboxylic acids is 1. The van der Waals surface area contributed by atoms with E-state index in [0.717, 1.165) is 11.1 Å². The normalized spacial score (nSPS) is 11.9. The Morgan fingerprint density at radius 3 is 2.62 bits per heavy atom. The van der Waals surface area contributed by atoms with Gasteiger partial charge in [-0.05, 0) is 35.9 Å². The van der Waals surface area contributed by atoms with Crippen LogP contribution in [0.15, 0.2) is 60.9 Å². The lowest BCUT2D eigenvalue weighted by molar-refractivity contribution is 0.0696. The van der Waals surface area contributed by atoms with Gasteiger partial charge in [0.25, 0.3) is 0 Å². The van der Waals surface area contributed by atoms with Crippen LogP contribution in [0.2, 0.25) is 0 Å². The molecule has 0 bridgehead atoms. The van der Waals surface area contributed by atoms with Crippen molar-refractivity contribution in [3.63, 3.8) is 0 Å². The summed E-state index contributed by atoms with van der Waals surface area (Å²) in [6.07, 6.45) is 2.12. The van der Waals surface area contributed by atoms with E-state index in [1.807, 2.05) is 12.1 Å². The first-order chi connectivity index (χ1) is 11.5. The smallest absolute Gasteiger partial charge is 0.335 e. The number of nitrogens with zero attached hydrogens (tertiary/aromatic N) is 2. The first kappa shape index (κ1) is 15.7. The van der Waals surface area contributed by atoms with Crippen molar-refractivity contribution in [2.45, 2.75) is 13.3 Å². The first-order valence-corrected chi connectivity index (χ1v) is 7.32. The molecular weight excluding hydrogens is 311 g/mol. The van der Waals surface area contributed by atoms with Crippen LogP contribution in [0.1, 0.15) is 17.3 Å². The largest absolute Gasteiger partial charge is 0.478 e. The highest BCUT2D eigenvalue weighted by atomic mass is 19.1. The van der Waals surface area contributed by atoms with E-state index in [2.05, 4.69) is 5.10 Å². The molecule has 1 N–H and O–H groups in total. The molecule has 3 rings (SSSR count). The average Bonchev–Trinajstić information content (AvgIpc) is 3.05. The topological polar surface area (TPSA) is 64.4 Å². The van der Waals surface area contributed by atoms with Crippen LogP contribution in [0.4, 0.5) is 4.39 Å². The molecule has 0 aliphatic carbocycles. The fourth-order valence-corrected chi connectivity index (χ4v) is 2.31. The Morgan fingerprint density at radius 1 is 1.21 bits per heavy atom. The van der Waals surface area contributed by atoms with Gasteiger partial charge in [0.05, 0.1) is 17.4 Å². The Hall–Kier alpha value is -3.15. The van der Waals surface area contributed by atoms with Crippen LogP contribution >= 0.6 is 0 Å². The Kier molecular flexibility index (Phi) is 4.29. The van der Waals surface area contributed by atoms with E-state index >= 15 is 0 Å². The number of carboxylic acids is 1. The van der Waals surface area contributed by atoms with Crippen molar-refractivity contribution < 1.29 is 19.0 Å². The number of rotatable bonds is 5. The van der Waals surface area contributed by atoms with Gasteiger partial charge in [-0.3, -0.25) is 0 Å². The van der Waals surface area contributed by atoms with Gasteiger partial charge in [-0.15, -0.1) is 0 Å². The standard InChI is InChI=1S/C18H15FN2O3/c1-12(19)24-17-7-5-13(6-8-17)15-10-20-21(11-15)16-4-2-3-14(9-16)18(22)23/h2-12H,1H3,(H,22,23).